The molecule has 0 saturated heterocycles. The quantitative estimate of drug-likeness (QED) is 0.117. The number of hydrogen-bond donors (Lipinski definition) is 0. The molecule has 273 valence electrons. The zero-order valence-electron chi connectivity index (χ0n) is 33.0. The average molecular weight is 961 g/mol. The number of rotatable bonds is 7. The Morgan fingerprint density at radius 2 is 1.37 bits per heavy atom. The van der Waals surface area contributed by atoms with Crippen LogP contribution in [-0.2, 0) is 20.1 Å². The van der Waals surface area contributed by atoms with E-state index in [2.05, 4.69) is 164 Å². The fourth-order valence-electron chi connectivity index (χ4n) is 6.77. The molecule has 0 amide bonds. The van der Waals surface area contributed by atoms with Gasteiger partial charge in [-0.1, -0.05) is 80.3 Å². The van der Waals surface area contributed by atoms with Crippen molar-refractivity contribution >= 4 is 49.2 Å². The van der Waals surface area contributed by atoms with Crippen molar-refractivity contribution in [1.82, 2.24) is 9.97 Å². The van der Waals surface area contributed by atoms with Gasteiger partial charge in [-0.25, -0.2) is 0 Å². The van der Waals surface area contributed by atoms with Crippen molar-refractivity contribution in [3.8, 4) is 44.8 Å². The molecule has 1 unspecified atom stereocenters. The third-order valence-corrected chi connectivity index (χ3v) is 15.7. The third kappa shape index (κ3) is 8.69. The first-order valence-electron chi connectivity index (χ1n) is 18.8. The summed E-state index contributed by atoms with van der Waals surface area (Å²) in [5.41, 5.74) is 11.2. The number of aryl methyl sites for hydroxylation is 1. The van der Waals surface area contributed by atoms with Crippen LogP contribution in [0.4, 0.5) is 0 Å². The van der Waals surface area contributed by atoms with Gasteiger partial charge >= 0.3 is 142 Å². The molecule has 5 aromatic carbocycles. The summed E-state index contributed by atoms with van der Waals surface area (Å²) < 4.78 is 12.7. The molecule has 8 rings (SSSR count). The molecule has 0 saturated carbocycles. The smallest absolute Gasteiger partial charge is 0.0352 e. The van der Waals surface area contributed by atoms with Crippen molar-refractivity contribution in [3.63, 3.8) is 0 Å². The van der Waals surface area contributed by atoms with Gasteiger partial charge in [0.1, 0.15) is 0 Å². The maximum Gasteiger partial charge on any atom is 0.0352 e. The Hall–Kier alpha value is -4.19. The molecule has 0 spiro atoms. The van der Waals surface area contributed by atoms with E-state index in [0.717, 1.165) is 28.1 Å². The molecule has 0 fully saturated rings. The topological polar surface area (TPSA) is 25.8 Å². The van der Waals surface area contributed by atoms with Gasteiger partial charge in [0.25, 0.3) is 0 Å². The molecule has 1 atom stereocenters. The standard InChI is InChI=1S/C28H24NS.C21H22GeN.Ir/c1-18(2)19(3)21-14-15-29-26(16-21)25-11-7-10-24-23-13-12-22(17-27(23)30-28(24)25)20-8-5-4-6-9-20;1-16-14-21(23-15-20(16)22(2,3)4)19-12-10-18(11-13-19)17-8-6-5-7-9-17;/h4-10,12-19H,1-3H3;5-12,14-15H,1-4H3;/q2*-1;/i19D;;. The summed E-state index contributed by atoms with van der Waals surface area (Å²) in [5, 5.41) is 2.50. The maximum absolute atomic E-state index is 8.80. The minimum Gasteiger partial charge on any atom is -0.305 e. The summed E-state index contributed by atoms with van der Waals surface area (Å²) in [6.07, 6.45) is 3.91. The van der Waals surface area contributed by atoms with Gasteiger partial charge in [-0.15, -0.1) is 23.8 Å². The van der Waals surface area contributed by atoms with Crippen LogP contribution in [0.25, 0.3) is 64.9 Å². The van der Waals surface area contributed by atoms with Crippen LogP contribution < -0.4 is 4.40 Å². The molecule has 0 N–H and O–H groups in total. The summed E-state index contributed by atoms with van der Waals surface area (Å²) in [5.74, 6) is 6.78. The minimum atomic E-state index is -1.83. The summed E-state index contributed by atoms with van der Waals surface area (Å²) in [6, 6.07) is 51.1. The third-order valence-electron chi connectivity index (χ3n) is 9.99. The number of thiophene rings is 1. The van der Waals surface area contributed by atoms with Crippen LogP contribution in [-0.4, -0.2) is 23.2 Å². The van der Waals surface area contributed by atoms with Gasteiger partial charge in [-0.05, 0) is 50.9 Å². The normalized spacial score (nSPS) is 12.8. The Kier molecular flexibility index (Phi) is 12.1. The van der Waals surface area contributed by atoms with Crippen LogP contribution in [0.3, 0.4) is 0 Å². The van der Waals surface area contributed by atoms with Crippen molar-refractivity contribution in [2.75, 3.05) is 0 Å². The Morgan fingerprint density at radius 3 is 2.00 bits per heavy atom. The number of nitrogens with zero attached hydrogens (tertiary/aromatic N) is 2. The van der Waals surface area contributed by atoms with Gasteiger partial charge in [0, 0.05) is 32.4 Å². The fraction of sp³-hybridized carbons (Fsp3) is 0.184. The first-order chi connectivity index (χ1) is 25.9. The van der Waals surface area contributed by atoms with Crippen molar-refractivity contribution in [2.24, 2.45) is 5.92 Å². The minimum absolute atomic E-state index is 0. The number of pyridine rings is 2. The molecular weight excluding hydrogens is 913 g/mol. The van der Waals surface area contributed by atoms with Gasteiger partial charge in [-0.2, -0.15) is 11.3 Å². The molecule has 8 aromatic rings. The van der Waals surface area contributed by atoms with E-state index in [1.165, 1.54) is 52.4 Å². The largest absolute Gasteiger partial charge is 0.305 e. The Bertz CT molecular complexity index is 2540. The number of hydrogen-bond acceptors (Lipinski definition) is 3. The molecule has 54 heavy (non-hydrogen) atoms. The zero-order valence-corrected chi connectivity index (χ0v) is 37.3. The van der Waals surface area contributed by atoms with E-state index < -0.39 is 19.2 Å². The molecule has 1 radical (unpaired) electrons. The summed E-state index contributed by atoms with van der Waals surface area (Å²) >= 11 is -0.0412. The number of benzene rings is 5. The van der Waals surface area contributed by atoms with Crippen LogP contribution in [0, 0.1) is 25.0 Å². The van der Waals surface area contributed by atoms with E-state index in [4.69, 9.17) is 6.35 Å². The number of fused-ring (bicyclic) bond motifs is 3. The van der Waals surface area contributed by atoms with E-state index in [1.54, 1.807) is 11.3 Å². The second-order valence-corrected chi connectivity index (χ2v) is 26.7. The Morgan fingerprint density at radius 1 is 0.685 bits per heavy atom. The van der Waals surface area contributed by atoms with Gasteiger partial charge in [0.05, 0.1) is 0 Å². The molecule has 0 aliphatic heterocycles. The van der Waals surface area contributed by atoms with Crippen LogP contribution >= 0.6 is 11.3 Å². The van der Waals surface area contributed by atoms with Crippen molar-refractivity contribution < 1.29 is 21.5 Å². The maximum atomic E-state index is 8.80. The Balaban J connectivity index is 0.000000192. The molecule has 0 bridgehead atoms. The van der Waals surface area contributed by atoms with E-state index >= 15 is 0 Å². The van der Waals surface area contributed by atoms with E-state index in [-0.39, 0.29) is 26.0 Å². The molecule has 5 heteroatoms. The van der Waals surface area contributed by atoms with Crippen LogP contribution in [0.2, 0.25) is 17.3 Å². The number of aromatic nitrogens is 2. The van der Waals surface area contributed by atoms with Crippen LogP contribution in [0.15, 0.2) is 140 Å². The first kappa shape index (κ1) is 38.1. The van der Waals surface area contributed by atoms with Crippen LogP contribution in [0.1, 0.15) is 39.2 Å². The van der Waals surface area contributed by atoms with Crippen LogP contribution in [0.5, 0.6) is 0 Å². The summed E-state index contributed by atoms with van der Waals surface area (Å²) in [7, 11) is 0. The molecule has 3 heterocycles. The van der Waals surface area contributed by atoms with Gasteiger partial charge < -0.3 is 4.98 Å². The van der Waals surface area contributed by atoms with E-state index in [1.807, 2.05) is 37.4 Å². The molecular formula is C49H46GeIrN2S-2. The summed E-state index contributed by atoms with van der Waals surface area (Å²) in [4.78, 5) is 9.35. The molecule has 0 aliphatic carbocycles. The van der Waals surface area contributed by atoms with E-state index in [9.17, 15) is 0 Å². The van der Waals surface area contributed by atoms with E-state index in [0.29, 0.717) is 0 Å². The van der Waals surface area contributed by atoms with Crippen molar-refractivity contribution in [1.29, 1.82) is 0 Å². The van der Waals surface area contributed by atoms with Gasteiger partial charge in [-0.3, -0.25) is 0 Å². The average Bonchev–Trinajstić information content (AvgIpc) is 3.57. The van der Waals surface area contributed by atoms with Gasteiger partial charge in [0.2, 0.25) is 0 Å². The molecule has 2 nitrogen and oxygen atoms in total. The summed E-state index contributed by atoms with van der Waals surface area (Å²) in [6.45, 7) is 8.37. The molecule has 3 aromatic heterocycles. The molecule has 0 aliphatic rings. The second kappa shape index (κ2) is 17.1. The predicted octanol–water partition coefficient (Wildman–Crippen LogP) is 13.4. The SMILES string of the molecule is Cc1cc(-c2[c-]cc(-c3ccccc3)cc2)nc[c]1[Ge]([CH3])([CH3])[CH3].[2H]C(C)(c1ccnc(-c2[c-]ccc3c2sc2cc(-c4ccccc4)ccc23)c1)C(C)C.[Ir]. The Labute approximate surface area is 342 Å². The first-order valence-corrected chi connectivity index (χ1v) is 26.5. The predicted molar refractivity (Wildman–Crippen MR) is 232 cm³/mol. The fourth-order valence-corrected chi connectivity index (χ4v) is 11.6. The van der Waals surface area contributed by atoms with Crippen molar-refractivity contribution in [3.05, 3.63) is 163 Å². The van der Waals surface area contributed by atoms with Crippen molar-refractivity contribution in [2.45, 2.75) is 50.9 Å². The second-order valence-electron chi connectivity index (χ2n) is 15.0. The monoisotopic (exact) mass is 962 g/mol. The van der Waals surface area contributed by atoms with Gasteiger partial charge in [0.15, 0.2) is 0 Å². The zero-order chi connectivity index (χ0) is 38.0.